The lowest BCUT2D eigenvalue weighted by atomic mass is 10.0. The molecule has 5 heteroatoms. The highest BCUT2D eigenvalue weighted by Crippen LogP contribution is 2.37. The van der Waals surface area contributed by atoms with Crippen molar-refractivity contribution >= 4 is 11.6 Å². The Kier molecular flexibility index (Phi) is 4.10. The van der Waals surface area contributed by atoms with Gasteiger partial charge in [0.2, 0.25) is 0 Å². The van der Waals surface area contributed by atoms with E-state index in [2.05, 4.69) is 5.32 Å². The molecular weight excluding hydrogens is 292 g/mol. The monoisotopic (exact) mass is 312 g/mol. The molecule has 1 amide bonds. The van der Waals surface area contributed by atoms with Crippen LogP contribution in [0, 0.1) is 0 Å². The summed E-state index contributed by atoms with van der Waals surface area (Å²) in [6.07, 6.45) is -0.275. The molecule has 2 aromatic rings. The van der Waals surface area contributed by atoms with Gasteiger partial charge in [0.05, 0.1) is 19.8 Å². The minimum Gasteiger partial charge on any atom is -0.497 e. The number of ether oxygens (including phenoxy) is 2. The number of hydrogen-bond donors (Lipinski definition) is 1. The second-order valence-electron chi connectivity index (χ2n) is 5.29. The quantitative estimate of drug-likeness (QED) is 0.941. The van der Waals surface area contributed by atoms with Crippen LogP contribution in [0.2, 0.25) is 0 Å². The summed E-state index contributed by atoms with van der Waals surface area (Å²) in [5.74, 6) is 1.42. The molecule has 0 saturated heterocycles. The zero-order valence-corrected chi connectivity index (χ0v) is 13.5. The van der Waals surface area contributed by atoms with Crippen molar-refractivity contribution in [2.75, 3.05) is 26.1 Å². The Morgan fingerprint density at radius 1 is 1.13 bits per heavy atom. The second kappa shape index (κ2) is 6.20. The van der Waals surface area contributed by atoms with Gasteiger partial charge in [-0.3, -0.25) is 4.79 Å². The summed E-state index contributed by atoms with van der Waals surface area (Å²) >= 11 is 0. The van der Waals surface area contributed by atoms with Crippen LogP contribution in [-0.2, 0) is 0 Å². The van der Waals surface area contributed by atoms with E-state index in [-0.39, 0.29) is 12.1 Å². The van der Waals surface area contributed by atoms with Crippen molar-refractivity contribution in [3.05, 3.63) is 53.6 Å². The Bertz CT molecular complexity index is 730. The lowest BCUT2D eigenvalue weighted by Crippen LogP contribution is -2.42. The van der Waals surface area contributed by atoms with E-state index >= 15 is 0 Å². The summed E-state index contributed by atoms with van der Waals surface area (Å²) in [6, 6.07) is 13.2. The first-order chi connectivity index (χ1) is 11.2. The summed E-state index contributed by atoms with van der Waals surface area (Å²) in [5.41, 5.74) is 2.43. The van der Waals surface area contributed by atoms with E-state index in [1.807, 2.05) is 49.4 Å². The molecule has 5 nitrogen and oxygen atoms in total. The average Bonchev–Trinajstić information content (AvgIpc) is 2.61. The van der Waals surface area contributed by atoms with Crippen LogP contribution < -0.4 is 14.8 Å². The number of amides is 1. The molecule has 3 rings (SSSR count). The zero-order valence-electron chi connectivity index (χ0n) is 13.5. The summed E-state index contributed by atoms with van der Waals surface area (Å²) in [7, 11) is 3.23. The molecular formula is C18H20N2O3. The van der Waals surface area contributed by atoms with Crippen molar-refractivity contribution in [3.63, 3.8) is 0 Å². The maximum Gasteiger partial charge on any atom is 0.257 e. The number of nitrogens with zero attached hydrogens (tertiary/aromatic N) is 1. The second-order valence-corrected chi connectivity index (χ2v) is 5.29. The van der Waals surface area contributed by atoms with E-state index in [4.69, 9.17) is 9.47 Å². The fourth-order valence-electron chi connectivity index (χ4n) is 2.91. The minimum absolute atomic E-state index is 0.0183. The molecule has 0 spiro atoms. The summed E-state index contributed by atoms with van der Waals surface area (Å²) in [6.45, 7) is 2.57. The molecule has 1 aliphatic rings. The van der Waals surface area contributed by atoms with E-state index in [0.717, 1.165) is 17.0 Å². The first kappa shape index (κ1) is 15.2. The molecule has 1 unspecified atom stereocenters. The number of benzene rings is 2. The maximum absolute atomic E-state index is 12.8. The van der Waals surface area contributed by atoms with Gasteiger partial charge in [-0.15, -0.1) is 0 Å². The number of fused-ring (bicyclic) bond motifs is 1. The predicted molar refractivity (Wildman–Crippen MR) is 89.1 cm³/mol. The van der Waals surface area contributed by atoms with Crippen LogP contribution in [0.1, 0.15) is 29.0 Å². The van der Waals surface area contributed by atoms with Crippen LogP contribution in [0.15, 0.2) is 42.5 Å². The molecule has 120 valence electrons. The van der Waals surface area contributed by atoms with Crippen LogP contribution in [-0.4, -0.2) is 31.6 Å². The molecule has 23 heavy (non-hydrogen) atoms. The number of anilines is 1. The van der Waals surface area contributed by atoms with E-state index < -0.39 is 0 Å². The van der Waals surface area contributed by atoms with Gasteiger partial charge in [0.25, 0.3) is 5.91 Å². The Labute approximate surface area is 135 Å². The number of rotatable bonds is 4. The number of nitrogens with one attached hydrogen (secondary N) is 1. The van der Waals surface area contributed by atoms with Crippen LogP contribution in [0.25, 0.3) is 0 Å². The number of para-hydroxylation sites is 1. The lowest BCUT2D eigenvalue weighted by Gasteiger charge is -2.38. The molecule has 0 fully saturated rings. The highest BCUT2D eigenvalue weighted by atomic mass is 16.5. The van der Waals surface area contributed by atoms with Crippen LogP contribution in [0.5, 0.6) is 11.5 Å². The average molecular weight is 312 g/mol. The van der Waals surface area contributed by atoms with E-state index in [9.17, 15) is 4.79 Å². The standard InChI is InChI=1S/C18H20N2O3/c1-4-20-17(14-10-9-12(22-2)11-16(14)23-3)19-15-8-6-5-7-13(15)18(20)21/h5-11,17,19H,4H2,1-3H3. The fourth-order valence-corrected chi connectivity index (χ4v) is 2.91. The highest BCUT2D eigenvalue weighted by molar-refractivity contribution is 6.01. The zero-order chi connectivity index (χ0) is 16.4. The molecule has 0 aliphatic carbocycles. The van der Waals surface area contributed by atoms with Gasteiger partial charge in [-0.05, 0) is 31.2 Å². The first-order valence-electron chi connectivity index (χ1n) is 7.58. The Hall–Kier alpha value is -2.69. The van der Waals surface area contributed by atoms with E-state index in [1.54, 1.807) is 19.1 Å². The van der Waals surface area contributed by atoms with Gasteiger partial charge in [-0.2, -0.15) is 0 Å². The van der Waals surface area contributed by atoms with Crippen molar-refractivity contribution in [3.8, 4) is 11.5 Å². The van der Waals surface area contributed by atoms with Crippen molar-refractivity contribution in [2.45, 2.75) is 13.1 Å². The Morgan fingerprint density at radius 3 is 2.61 bits per heavy atom. The third kappa shape index (κ3) is 2.59. The molecule has 1 aliphatic heterocycles. The topological polar surface area (TPSA) is 50.8 Å². The number of methoxy groups -OCH3 is 2. The van der Waals surface area contributed by atoms with Gasteiger partial charge >= 0.3 is 0 Å². The van der Waals surface area contributed by atoms with Crippen molar-refractivity contribution in [1.29, 1.82) is 0 Å². The summed E-state index contributed by atoms with van der Waals surface area (Å²) in [4.78, 5) is 14.6. The smallest absolute Gasteiger partial charge is 0.257 e. The molecule has 0 radical (unpaired) electrons. The van der Waals surface area contributed by atoms with Gasteiger partial charge in [0.15, 0.2) is 0 Å². The number of carbonyl (C=O) groups is 1. The molecule has 1 N–H and O–H groups in total. The van der Waals surface area contributed by atoms with Gasteiger partial charge in [-0.25, -0.2) is 0 Å². The van der Waals surface area contributed by atoms with Gasteiger partial charge in [-0.1, -0.05) is 12.1 Å². The molecule has 2 aromatic carbocycles. The lowest BCUT2D eigenvalue weighted by molar-refractivity contribution is 0.0693. The summed E-state index contributed by atoms with van der Waals surface area (Å²) < 4.78 is 10.7. The van der Waals surface area contributed by atoms with Gasteiger partial charge in [0.1, 0.15) is 17.7 Å². The number of carbonyl (C=O) groups excluding carboxylic acids is 1. The molecule has 1 atom stereocenters. The first-order valence-corrected chi connectivity index (χ1v) is 7.58. The van der Waals surface area contributed by atoms with E-state index in [1.165, 1.54) is 0 Å². The highest BCUT2D eigenvalue weighted by Gasteiger charge is 2.33. The maximum atomic E-state index is 12.8. The largest absolute Gasteiger partial charge is 0.497 e. The Morgan fingerprint density at radius 2 is 1.91 bits per heavy atom. The summed E-state index contributed by atoms with van der Waals surface area (Å²) in [5, 5.41) is 3.44. The van der Waals surface area contributed by atoms with E-state index in [0.29, 0.717) is 17.9 Å². The number of hydrogen-bond acceptors (Lipinski definition) is 4. The van der Waals surface area contributed by atoms with Crippen LogP contribution in [0.3, 0.4) is 0 Å². The van der Waals surface area contributed by atoms with Crippen LogP contribution in [0.4, 0.5) is 5.69 Å². The van der Waals surface area contributed by atoms with Crippen molar-refractivity contribution in [2.24, 2.45) is 0 Å². The minimum atomic E-state index is -0.275. The predicted octanol–water partition coefficient (Wildman–Crippen LogP) is 3.29. The third-order valence-corrected chi connectivity index (χ3v) is 4.10. The van der Waals surface area contributed by atoms with Gasteiger partial charge in [0, 0.05) is 23.9 Å². The Balaban J connectivity index is 2.07. The molecule has 0 aromatic heterocycles. The molecule has 1 heterocycles. The molecule has 0 saturated carbocycles. The van der Waals surface area contributed by atoms with Gasteiger partial charge < -0.3 is 19.7 Å². The third-order valence-electron chi connectivity index (χ3n) is 4.10. The van der Waals surface area contributed by atoms with Crippen LogP contribution >= 0.6 is 0 Å². The van der Waals surface area contributed by atoms with Crippen molar-refractivity contribution < 1.29 is 14.3 Å². The molecule has 0 bridgehead atoms. The van der Waals surface area contributed by atoms with Crippen molar-refractivity contribution in [1.82, 2.24) is 4.90 Å². The fraction of sp³-hybridized carbons (Fsp3) is 0.278. The SMILES string of the molecule is CCN1C(=O)c2ccccc2NC1c1ccc(OC)cc1OC. The normalized spacial score (nSPS) is 16.6.